The molecule has 0 atom stereocenters. The van der Waals surface area contributed by atoms with Crippen LogP contribution in [-0.2, 0) is 12.0 Å². The molecular weight excluding hydrogens is 305 g/mol. The molecule has 0 unspecified atom stereocenters. The van der Waals surface area contributed by atoms with E-state index >= 15 is 0 Å². The normalized spacial score (nSPS) is 12.7. The van der Waals surface area contributed by atoms with Gasteiger partial charge in [0, 0.05) is 6.54 Å². The van der Waals surface area contributed by atoms with Crippen LogP contribution in [0.5, 0.6) is 0 Å². The Morgan fingerprint density at radius 3 is 2.33 bits per heavy atom. The maximum Gasteiger partial charge on any atom is 0.175 e. The highest BCUT2D eigenvalue weighted by Gasteiger charge is 2.22. The Morgan fingerprint density at radius 1 is 1.29 bits per heavy atom. The molecule has 0 radical (unpaired) electrons. The molecule has 0 spiro atoms. The van der Waals surface area contributed by atoms with Gasteiger partial charge in [-0.25, -0.2) is 4.39 Å². The summed E-state index contributed by atoms with van der Waals surface area (Å²) in [7, 11) is 0. The summed E-state index contributed by atoms with van der Waals surface area (Å²) in [6.07, 6.45) is 0. The molecule has 0 aliphatic rings. The first-order chi connectivity index (χ1) is 11.2. The number of halogens is 1. The molecule has 1 N–H and O–H groups in total. The predicted molar refractivity (Wildman–Crippen MR) is 92.8 cm³/mol. The number of hydrogen-bond acceptors (Lipinski definition) is 3. The van der Waals surface area contributed by atoms with Gasteiger partial charge in [-0.05, 0) is 30.4 Å². The van der Waals surface area contributed by atoms with E-state index in [9.17, 15) is 14.8 Å². The first-order valence-corrected chi connectivity index (χ1v) is 7.88. The van der Waals surface area contributed by atoms with Crippen molar-refractivity contribution in [2.24, 2.45) is 0 Å². The van der Waals surface area contributed by atoms with Crippen molar-refractivity contribution in [1.29, 1.82) is 5.26 Å². The van der Waals surface area contributed by atoms with Gasteiger partial charge < -0.3 is 5.11 Å². The minimum absolute atomic E-state index is 0.0128. The van der Waals surface area contributed by atoms with E-state index < -0.39 is 5.82 Å². The molecule has 0 aliphatic carbocycles. The Hall–Kier alpha value is -2.61. The zero-order valence-electron chi connectivity index (χ0n) is 14.7. The minimum atomic E-state index is -0.603. The minimum Gasteiger partial charge on any atom is -0.504 e. The predicted octanol–water partition coefficient (Wildman–Crippen LogP) is 4.60. The lowest BCUT2D eigenvalue weighted by molar-refractivity contribution is 0.487. The van der Waals surface area contributed by atoms with Gasteiger partial charge in [0.15, 0.2) is 11.6 Å². The maximum atomic E-state index is 14.3. The Kier molecular flexibility index (Phi) is 4.79. The Bertz CT molecular complexity index is 818. The first kappa shape index (κ1) is 17.7. The summed E-state index contributed by atoms with van der Waals surface area (Å²) in [5.74, 6) is -0.991. The molecule has 0 saturated heterocycles. The molecule has 1 heterocycles. The van der Waals surface area contributed by atoms with Crippen LogP contribution in [-0.4, -0.2) is 14.9 Å². The monoisotopic (exact) mass is 327 g/mol. The average Bonchev–Trinajstić information content (AvgIpc) is 2.82. The number of aliphatic hydroxyl groups is 1. The summed E-state index contributed by atoms with van der Waals surface area (Å²) in [4.78, 5) is 0. The van der Waals surface area contributed by atoms with Gasteiger partial charge >= 0.3 is 0 Å². The summed E-state index contributed by atoms with van der Waals surface area (Å²) in [6.45, 7) is 10.0. The van der Waals surface area contributed by atoms with E-state index in [4.69, 9.17) is 0 Å². The second kappa shape index (κ2) is 6.48. The molecule has 1 aromatic heterocycles. The van der Waals surface area contributed by atoms with Gasteiger partial charge in [-0.1, -0.05) is 45.0 Å². The van der Waals surface area contributed by atoms with Gasteiger partial charge in [-0.3, -0.25) is 4.68 Å². The molecule has 1 aromatic carbocycles. The summed E-state index contributed by atoms with van der Waals surface area (Å²) in [5, 5.41) is 24.1. The van der Waals surface area contributed by atoms with Gasteiger partial charge in [-0.2, -0.15) is 10.4 Å². The first-order valence-electron chi connectivity index (χ1n) is 7.88. The van der Waals surface area contributed by atoms with Crippen LogP contribution in [0.25, 0.3) is 11.3 Å². The van der Waals surface area contributed by atoms with Crippen molar-refractivity contribution in [2.45, 2.75) is 46.6 Å². The lowest BCUT2D eigenvalue weighted by atomic mass is 9.86. The van der Waals surface area contributed by atoms with Crippen molar-refractivity contribution in [3.05, 3.63) is 52.6 Å². The fourth-order valence-corrected chi connectivity index (χ4v) is 2.52. The van der Waals surface area contributed by atoms with Crippen LogP contribution in [0.1, 0.15) is 50.2 Å². The third-order valence-corrected chi connectivity index (χ3v) is 3.97. The number of allylic oxidation sites excluding steroid dienone is 1. The van der Waals surface area contributed by atoms with Crippen molar-refractivity contribution < 1.29 is 9.50 Å². The van der Waals surface area contributed by atoms with Gasteiger partial charge in [0.1, 0.15) is 17.3 Å². The summed E-state index contributed by atoms with van der Waals surface area (Å²) in [6, 6.07) is 9.36. The Morgan fingerprint density at radius 2 is 1.88 bits per heavy atom. The number of rotatable bonds is 3. The quantitative estimate of drug-likeness (QED) is 0.662. The fourth-order valence-electron chi connectivity index (χ4n) is 2.52. The number of hydrogen-bond donors (Lipinski definition) is 1. The maximum absolute atomic E-state index is 14.3. The summed E-state index contributed by atoms with van der Waals surface area (Å²) in [5.41, 5.74) is 1.82. The van der Waals surface area contributed by atoms with E-state index in [1.165, 1.54) is 11.6 Å². The van der Waals surface area contributed by atoms with Crippen LogP contribution in [0.2, 0.25) is 0 Å². The summed E-state index contributed by atoms with van der Waals surface area (Å²) >= 11 is 0. The van der Waals surface area contributed by atoms with Crippen molar-refractivity contribution in [2.75, 3.05) is 0 Å². The molecule has 126 valence electrons. The third kappa shape index (κ3) is 3.18. The van der Waals surface area contributed by atoms with E-state index in [1.54, 1.807) is 19.1 Å². The fraction of sp³-hybridized carbons (Fsp3) is 0.368. The van der Waals surface area contributed by atoms with E-state index in [0.29, 0.717) is 12.1 Å². The van der Waals surface area contributed by atoms with Crippen LogP contribution in [0.3, 0.4) is 0 Å². The number of aryl methyl sites for hydroxylation is 2. The molecule has 2 rings (SSSR count). The molecule has 0 aliphatic heterocycles. The largest absolute Gasteiger partial charge is 0.504 e. The van der Waals surface area contributed by atoms with Crippen molar-refractivity contribution >= 4 is 11.3 Å². The second-order valence-corrected chi connectivity index (χ2v) is 6.73. The molecule has 0 fully saturated rings. The second-order valence-electron chi connectivity index (χ2n) is 6.73. The van der Waals surface area contributed by atoms with Crippen molar-refractivity contribution in [3.8, 4) is 6.07 Å². The highest BCUT2D eigenvalue weighted by Crippen LogP contribution is 2.29. The number of aliphatic hydroxyl groups excluding tert-OH is 1. The summed E-state index contributed by atoms with van der Waals surface area (Å²) < 4.78 is 15.7. The zero-order chi connectivity index (χ0) is 18.1. The van der Waals surface area contributed by atoms with Crippen molar-refractivity contribution in [3.63, 3.8) is 0 Å². The van der Waals surface area contributed by atoms with Gasteiger partial charge in [-0.15, -0.1) is 0 Å². The number of nitriles is 1. The van der Waals surface area contributed by atoms with Gasteiger partial charge in [0.2, 0.25) is 0 Å². The van der Waals surface area contributed by atoms with Crippen molar-refractivity contribution in [1.82, 2.24) is 9.78 Å². The van der Waals surface area contributed by atoms with E-state index in [2.05, 4.69) is 25.9 Å². The molecule has 0 amide bonds. The van der Waals surface area contributed by atoms with Crippen LogP contribution >= 0.6 is 0 Å². The highest BCUT2D eigenvalue weighted by atomic mass is 19.1. The van der Waals surface area contributed by atoms with Gasteiger partial charge in [0.05, 0.1) is 5.69 Å². The van der Waals surface area contributed by atoms with E-state index in [-0.39, 0.29) is 28.1 Å². The number of benzene rings is 1. The van der Waals surface area contributed by atoms with Gasteiger partial charge in [0.25, 0.3) is 0 Å². The molecular formula is C19H22FN3O. The lowest BCUT2D eigenvalue weighted by Gasteiger charge is -2.19. The zero-order valence-corrected chi connectivity index (χ0v) is 14.7. The molecule has 0 saturated carbocycles. The Labute approximate surface area is 141 Å². The van der Waals surface area contributed by atoms with E-state index in [1.807, 2.05) is 18.2 Å². The molecule has 24 heavy (non-hydrogen) atoms. The van der Waals surface area contributed by atoms with Crippen LogP contribution in [0, 0.1) is 24.1 Å². The van der Waals surface area contributed by atoms with Crippen LogP contribution in [0.4, 0.5) is 4.39 Å². The third-order valence-electron chi connectivity index (χ3n) is 3.97. The number of nitrogens with zero attached hydrogens (tertiary/aromatic N) is 3. The Balaban J connectivity index is 2.59. The lowest BCUT2D eigenvalue weighted by Crippen LogP contribution is -2.10. The topological polar surface area (TPSA) is 61.8 Å². The van der Waals surface area contributed by atoms with Crippen LogP contribution in [0.15, 0.2) is 24.3 Å². The SMILES string of the molecule is CCn1nc(C)c(F)c1/C(O)=C(\C#N)c1ccc(C(C)(C)C)cc1. The molecule has 4 nitrogen and oxygen atoms in total. The number of aromatic nitrogens is 2. The smallest absolute Gasteiger partial charge is 0.175 e. The molecule has 0 bridgehead atoms. The molecule has 2 aromatic rings. The molecule has 5 heteroatoms. The highest BCUT2D eigenvalue weighted by molar-refractivity contribution is 5.93. The standard InChI is InChI=1S/C19H22FN3O/c1-6-23-17(16(20)12(2)22-23)18(24)15(11-21)13-7-9-14(10-8-13)19(3,4)5/h7-10,24H,6H2,1-5H3/b18-15-. The van der Waals surface area contributed by atoms with Crippen LogP contribution < -0.4 is 0 Å². The van der Waals surface area contributed by atoms with E-state index in [0.717, 1.165) is 5.56 Å². The average molecular weight is 327 g/mol.